The van der Waals surface area contributed by atoms with Gasteiger partial charge in [-0.25, -0.2) is 14.4 Å². The predicted octanol–water partition coefficient (Wildman–Crippen LogP) is 1.93. The quantitative estimate of drug-likeness (QED) is 0.938. The second kappa shape index (κ2) is 5.98. The van der Waals surface area contributed by atoms with Gasteiger partial charge in [-0.3, -0.25) is 9.69 Å². The summed E-state index contributed by atoms with van der Waals surface area (Å²) in [5.41, 5.74) is 7.86. The van der Waals surface area contributed by atoms with Gasteiger partial charge in [0.1, 0.15) is 5.82 Å². The molecule has 0 bridgehead atoms. The van der Waals surface area contributed by atoms with Gasteiger partial charge in [-0.2, -0.15) is 0 Å². The second-order valence-corrected chi connectivity index (χ2v) is 5.65. The molecule has 2 aromatic rings. The first kappa shape index (κ1) is 14.9. The Hall–Kier alpha value is -2.05. The number of halogens is 2. The standard InChI is InChI=1S/C15H14ClFN4O/c16-11-2-1-9(5-12(11)17)7-21-4-3-10-6-19-15(14(18)22)20-13(10)8-21/h1-2,5-6H,3-4,7-8H2,(H2,18,22). The summed E-state index contributed by atoms with van der Waals surface area (Å²) < 4.78 is 13.5. The van der Waals surface area contributed by atoms with E-state index < -0.39 is 11.7 Å². The lowest BCUT2D eigenvalue weighted by Crippen LogP contribution is -2.32. The van der Waals surface area contributed by atoms with E-state index in [1.165, 1.54) is 6.07 Å². The molecule has 1 aromatic carbocycles. The summed E-state index contributed by atoms with van der Waals surface area (Å²) in [4.78, 5) is 21.5. The molecule has 0 unspecified atom stereocenters. The molecule has 7 heteroatoms. The Bertz CT molecular complexity index is 737. The average molecular weight is 321 g/mol. The molecule has 0 fully saturated rings. The molecule has 0 aliphatic carbocycles. The second-order valence-electron chi connectivity index (χ2n) is 5.24. The van der Waals surface area contributed by atoms with Gasteiger partial charge < -0.3 is 5.73 Å². The molecular weight excluding hydrogens is 307 g/mol. The molecule has 5 nitrogen and oxygen atoms in total. The van der Waals surface area contributed by atoms with Gasteiger partial charge in [-0.05, 0) is 29.7 Å². The van der Waals surface area contributed by atoms with Gasteiger partial charge in [0, 0.05) is 25.8 Å². The molecule has 0 radical (unpaired) electrons. The maximum atomic E-state index is 13.5. The molecule has 0 saturated heterocycles. The highest BCUT2D eigenvalue weighted by Gasteiger charge is 2.20. The lowest BCUT2D eigenvalue weighted by atomic mass is 10.1. The van der Waals surface area contributed by atoms with Crippen LogP contribution in [-0.2, 0) is 19.5 Å². The number of nitrogens with two attached hydrogens (primary N) is 1. The molecule has 2 heterocycles. The number of hydrogen-bond donors (Lipinski definition) is 1. The first-order chi connectivity index (χ1) is 10.5. The van der Waals surface area contributed by atoms with E-state index in [2.05, 4.69) is 14.9 Å². The van der Waals surface area contributed by atoms with Crippen LogP contribution in [-0.4, -0.2) is 27.3 Å². The number of benzene rings is 1. The number of nitrogens with zero attached hydrogens (tertiary/aromatic N) is 3. The topological polar surface area (TPSA) is 72.1 Å². The Balaban J connectivity index is 1.77. The van der Waals surface area contributed by atoms with Crippen LogP contribution in [0.15, 0.2) is 24.4 Å². The molecule has 3 rings (SSSR count). The molecule has 0 atom stereocenters. The number of primary amides is 1. The minimum absolute atomic E-state index is 0.0261. The summed E-state index contributed by atoms with van der Waals surface area (Å²) in [6, 6.07) is 4.79. The lowest BCUT2D eigenvalue weighted by Gasteiger charge is -2.27. The summed E-state index contributed by atoms with van der Waals surface area (Å²) in [6.07, 6.45) is 2.44. The first-order valence-corrected chi connectivity index (χ1v) is 7.21. The van der Waals surface area contributed by atoms with Crippen molar-refractivity contribution in [3.63, 3.8) is 0 Å². The van der Waals surface area contributed by atoms with Crippen LogP contribution in [0.5, 0.6) is 0 Å². The lowest BCUT2D eigenvalue weighted by molar-refractivity contribution is 0.0989. The minimum Gasteiger partial charge on any atom is -0.363 e. The van der Waals surface area contributed by atoms with Crippen LogP contribution in [0.25, 0.3) is 0 Å². The molecule has 22 heavy (non-hydrogen) atoms. The monoisotopic (exact) mass is 320 g/mol. The van der Waals surface area contributed by atoms with Gasteiger partial charge in [-0.1, -0.05) is 17.7 Å². The Labute approximate surface area is 131 Å². The van der Waals surface area contributed by atoms with Crippen molar-refractivity contribution in [3.05, 3.63) is 57.9 Å². The van der Waals surface area contributed by atoms with Crippen LogP contribution < -0.4 is 5.73 Å². The van der Waals surface area contributed by atoms with Gasteiger partial charge in [0.2, 0.25) is 5.82 Å². The Morgan fingerprint density at radius 1 is 1.45 bits per heavy atom. The Morgan fingerprint density at radius 3 is 3.00 bits per heavy atom. The predicted molar refractivity (Wildman–Crippen MR) is 79.8 cm³/mol. The third kappa shape index (κ3) is 3.08. The van der Waals surface area contributed by atoms with Crippen LogP contribution >= 0.6 is 11.6 Å². The third-order valence-corrected chi connectivity index (χ3v) is 3.94. The van der Waals surface area contributed by atoms with Gasteiger partial charge in [0.05, 0.1) is 10.7 Å². The molecule has 1 aromatic heterocycles. The highest BCUT2D eigenvalue weighted by atomic mass is 35.5. The van der Waals surface area contributed by atoms with E-state index >= 15 is 0 Å². The number of carbonyl (C=O) groups excluding carboxylic acids is 1. The highest BCUT2D eigenvalue weighted by molar-refractivity contribution is 6.30. The van der Waals surface area contributed by atoms with Crippen molar-refractivity contribution in [1.82, 2.24) is 14.9 Å². The zero-order valence-electron chi connectivity index (χ0n) is 11.7. The maximum Gasteiger partial charge on any atom is 0.286 e. The Kier molecular flexibility index (Phi) is 4.04. The number of hydrogen-bond acceptors (Lipinski definition) is 4. The van der Waals surface area contributed by atoms with Crippen LogP contribution in [0, 0.1) is 5.82 Å². The van der Waals surface area contributed by atoms with Crippen molar-refractivity contribution >= 4 is 17.5 Å². The third-order valence-electron chi connectivity index (χ3n) is 3.64. The van der Waals surface area contributed by atoms with Crippen LogP contribution in [0.2, 0.25) is 5.02 Å². The first-order valence-electron chi connectivity index (χ1n) is 6.84. The molecule has 114 valence electrons. The number of fused-ring (bicyclic) bond motifs is 1. The smallest absolute Gasteiger partial charge is 0.286 e. The maximum absolute atomic E-state index is 13.5. The fourth-order valence-corrected chi connectivity index (χ4v) is 2.62. The van der Waals surface area contributed by atoms with E-state index in [0.717, 1.165) is 29.8 Å². The molecular formula is C15H14ClFN4O. The van der Waals surface area contributed by atoms with Crippen LogP contribution in [0.1, 0.15) is 27.4 Å². The van der Waals surface area contributed by atoms with E-state index in [-0.39, 0.29) is 10.8 Å². The van der Waals surface area contributed by atoms with Crippen molar-refractivity contribution < 1.29 is 9.18 Å². The van der Waals surface area contributed by atoms with Gasteiger partial charge in [0.15, 0.2) is 0 Å². The van der Waals surface area contributed by atoms with Gasteiger partial charge in [0.25, 0.3) is 5.91 Å². The number of aromatic nitrogens is 2. The summed E-state index contributed by atoms with van der Waals surface area (Å²) >= 11 is 5.69. The molecule has 2 N–H and O–H groups in total. The minimum atomic E-state index is -0.639. The molecule has 1 aliphatic heterocycles. The van der Waals surface area contributed by atoms with Crippen LogP contribution in [0.3, 0.4) is 0 Å². The van der Waals surface area contributed by atoms with E-state index in [1.54, 1.807) is 18.3 Å². The van der Waals surface area contributed by atoms with E-state index in [1.807, 2.05) is 0 Å². The number of carbonyl (C=O) groups is 1. The zero-order chi connectivity index (χ0) is 15.7. The summed E-state index contributed by atoms with van der Waals surface area (Å²) in [7, 11) is 0. The van der Waals surface area contributed by atoms with Crippen LogP contribution in [0.4, 0.5) is 4.39 Å². The molecule has 0 saturated carbocycles. The number of rotatable bonds is 3. The highest BCUT2D eigenvalue weighted by Crippen LogP contribution is 2.21. The molecule has 1 amide bonds. The number of amides is 1. The normalized spacial score (nSPS) is 14.6. The average Bonchev–Trinajstić information content (AvgIpc) is 2.50. The van der Waals surface area contributed by atoms with Crippen molar-refractivity contribution in [2.75, 3.05) is 6.54 Å². The van der Waals surface area contributed by atoms with Crippen molar-refractivity contribution in [2.24, 2.45) is 5.73 Å². The van der Waals surface area contributed by atoms with Crippen molar-refractivity contribution in [2.45, 2.75) is 19.5 Å². The SMILES string of the molecule is NC(=O)c1ncc2c(n1)CN(Cc1ccc(Cl)c(F)c1)CC2. The summed E-state index contributed by atoms with van der Waals surface area (Å²) in [5, 5.41) is 0.117. The van der Waals surface area contributed by atoms with E-state index in [0.29, 0.717) is 13.1 Å². The molecule has 0 spiro atoms. The van der Waals surface area contributed by atoms with Gasteiger partial charge in [-0.15, -0.1) is 0 Å². The van der Waals surface area contributed by atoms with Crippen molar-refractivity contribution in [1.29, 1.82) is 0 Å². The fourth-order valence-electron chi connectivity index (χ4n) is 2.51. The fraction of sp³-hybridized carbons (Fsp3) is 0.267. The van der Waals surface area contributed by atoms with Gasteiger partial charge >= 0.3 is 0 Å². The van der Waals surface area contributed by atoms with E-state index in [9.17, 15) is 9.18 Å². The summed E-state index contributed by atoms with van der Waals surface area (Å²) in [5.74, 6) is -1.03. The zero-order valence-corrected chi connectivity index (χ0v) is 12.5. The van der Waals surface area contributed by atoms with Crippen molar-refractivity contribution in [3.8, 4) is 0 Å². The largest absolute Gasteiger partial charge is 0.363 e. The van der Waals surface area contributed by atoms with E-state index in [4.69, 9.17) is 17.3 Å². The molecule has 1 aliphatic rings. The summed E-state index contributed by atoms with van der Waals surface area (Å²) in [6.45, 7) is 1.97. The Morgan fingerprint density at radius 2 is 2.27 bits per heavy atom.